The molecule has 1 unspecified atom stereocenters. The van der Waals surface area contributed by atoms with Gasteiger partial charge in [-0.15, -0.1) is 0 Å². The van der Waals surface area contributed by atoms with Crippen molar-refractivity contribution in [3.8, 4) is 0 Å². The molecule has 0 aromatic rings. The van der Waals surface area contributed by atoms with Gasteiger partial charge in [-0.3, -0.25) is 0 Å². The molecule has 2 rings (SSSR count). The molecule has 0 spiro atoms. The normalized spacial score (nSPS) is 24.9. The largest absolute Gasteiger partial charge is 0.407 e. The third kappa shape index (κ3) is 2.97. The summed E-state index contributed by atoms with van der Waals surface area (Å²) < 4.78 is 63.5. The van der Waals surface area contributed by atoms with Crippen LogP contribution in [0.25, 0.3) is 0 Å². The molecule has 0 saturated heterocycles. The van der Waals surface area contributed by atoms with Crippen LogP contribution in [0.1, 0.15) is 32.6 Å². The molecule has 2 N–H and O–H groups in total. The molecule has 0 amide bonds. The molecule has 2 aliphatic carbocycles. The Morgan fingerprint density at radius 2 is 1.89 bits per heavy atom. The Hall–Kier alpha value is -0.340. The van der Waals surface area contributed by atoms with Gasteiger partial charge in [-0.1, -0.05) is 0 Å². The van der Waals surface area contributed by atoms with Crippen LogP contribution < -0.4 is 10.0 Å². The summed E-state index contributed by atoms with van der Waals surface area (Å²) in [6, 6.07) is 0.333. The maximum absolute atomic E-state index is 12.7. The molecule has 0 aromatic carbocycles. The Kier molecular flexibility index (Phi) is 3.40. The van der Waals surface area contributed by atoms with Crippen molar-refractivity contribution in [3.63, 3.8) is 0 Å². The molecule has 0 bridgehead atoms. The van der Waals surface area contributed by atoms with Crippen LogP contribution in [0.3, 0.4) is 0 Å². The topological polar surface area (TPSA) is 58.2 Å². The van der Waals surface area contributed by atoms with Crippen LogP contribution in [0.4, 0.5) is 13.2 Å². The average molecular weight is 286 g/mol. The SMILES string of the molecule is CC(CNC1CC1)S(=O)(=O)NC1(C(F)(F)F)CC1. The van der Waals surface area contributed by atoms with E-state index in [0.717, 1.165) is 12.8 Å². The van der Waals surface area contributed by atoms with Crippen molar-refractivity contribution in [1.29, 1.82) is 0 Å². The second-order valence-corrected chi connectivity index (χ2v) is 7.32. The van der Waals surface area contributed by atoms with E-state index in [2.05, 4.69) is 5.32 Å². The smallest absolute Gasteiger partial charge is 0.313 e. The number of sulfonamides is 1. The first-order valence-electron chi connectivity index (χ1n) is 5.99. The van der Waals surface area contributed by atoms with Gasteiger partial charge >= 0.3 is 6.18 Å². The van der Waals surface area contributed by atoms with Crippen molar-refractivity contribution in [2.45, 2.75) is 55.6 Å². The third-order valence-corrected chi connectivity index (χ3v) is 5.33. The molecule has 2 saturated carbocycles. The Labute approximate surface area is 104 Å². The monoisotopic (exact) mass is 286 g/mol. The van der Waals surface area contributed by atoms with E-state index in [1.165, 1.54) is 6.92 Å². The number of halogens is 3. The number of rotatable bonds is 6. The Morgan fingerprint density at radius 1 is 1.33 bits per heavy atom. The highest BCUT2D eigenvalue weighted by Gasteiger charge is 2.65. The molecule has 0 heterocycles. The molecule has 106 valence electrons. The van der Waals surface area contributed by atoms with Crippen molar-refractivity contribution in [1.82, 2.24) is 10.0 Å². The van der Waals surface area contributed by atoms with Gasteiger partial charge in [0.15, 0.2) is 0 Å². The van der Waals surface area contributed by atoms with E-state index in [1.807, 2.05) is 4.72 Å². The van der Waals surface area contributed by atoms with E-state index in [0.29, 0.717) is 6.04 Å². The van der Waals surface area contributed by atoms with Gasteiger partial charge in [-0.2, -0.15) is 17.9 Å². The van der Waals surface area contributed by atoms with Gasteiger partial charge in [-0.25, -0.2) is 8.42 Å². The van der Waals surface area contributed by atoms with Gasteiger partial charge in [0.1, 0.15) is 5.54 Å². The number of alkyl halides is 3. The molecule has 2 fully saturated rings. The van der Waals surface area contributed by atoms with Crippen LogP contribution in [-0.2, 0) is 10.0 Å². The maximum atomic E-state index is 12.7. The molecule has 8 heteroatoms. The first kappa shape index (κ1) is 14.1. The van der Waals surface area contributed by atoms with Gasteiger partial charge in [0.2, 0.25) is 10.0 Å². The van der Waals surface area contributed by atoms with Gasteiger partial charge in [0.05, 0.1) is 5.25 Å². The third-order valence-electron chi connectivity index (χ3n) is 3.43. The molecule has 0 aliphatic heterocycles. The summed E-state index contributed by atoms with van der Waals surface area (Å²) in [6.07, 6.45) is -2.83. The summed E-state index contributed by atoms with van der Waals surface area (Å²) in [5.41, 5.74) is -2.21. The van der Waals surface area contributed by atoms with Gasteiger partial charge < -0.3 is 5.32 Å². The van der Waals surface area contributed by atoms with E-state index in [1.54, 1.807) is 0 Å². The lowest BCUT2D eigenvalue weighted by molar-refractivity contribution is -0.160. The van der Waals surface area contributed by atoms with E-state index in [-0.39, 0.29) is 19.4 Å². The van der Waals surface area contributed by atoms with Crippen LogP contribution >= 0.6 is 0 Å². The van der Waals surface area contributed by atoms with E-state index in [4.69, 9.17) is 0 Å². The summed E-state index contributed by atoms with van der Waals surface area (Å²) in [7, 11) is -3.94. The minimum atomic E-state index is -4.51. The summed E-state index contributed by atoms with van der Waals surface area (Å²) in [4.78, 5) is 0. The number of nitrogens with one attached hydrogen (secondary N) is 2. The number of hydrogen-bond donors (Lipinski definition) is 2. The van der Waals surface area contributed by atoms with Crippen LogP contribution in [0.2, 0.25) is 0 Å². The Morgan fingerprint density at radius 3 is 2.28 bits per heavy atom. The highest BCUT2D eigenvalue weighted by Crippen LogP contribution is 2.49. The van der Waals surface area contributed by atoms with Crippen molar-refractivity contribution >= 4 is 10.0 Å². The van der Waals surface area contributed by atoms with Gasteiger partial charge in [-0.05, 0) is 32.6 Å². The first-order valence-corrected chi connectivity index (χ1v) is 7.54. The van der Waals surface area contributed by atoms with Crippen LogP contribution in [0, 0.1) is 0 Å². The lowest BCUT2D eigenvalue weighted by atomic mass is 10.3. The van der Waals surface area contributed by atoms with Crippen molar-refractivity contribution < 1.29 is 21.6 Å². The van der Waals surface area contributed by atoms with Crippen LogP contribution in [0.5, 0.6) is 0 Å². The lowest BCUT2D eigenvalue weighted by Crippen LogP contribution is -2.51. The molecule has 18 heavy (non-hydrogen) atoms. The van der Waals surface area contributed by atoms with Crippen molar-refractivity contribution in [3.05, 3.63) is 0 Å². The second kappa shape index (κ2) is 4.35. The standard InChI is InChI=1S/C10H17F3N2O2S/c1-7(6-14-8-2-3-8)18(16,17)15-9(4-5-9)10(11,12)13/h7-8,14-15H,2-6H2,1H3. The molecule has 0 aromatic heterocycles. The lowest BCUT2D eigenvalue weighted by Gasteiger charge is -2.23. The quantitative estimate of drug-likeness (QED) is 0.770. The summed E-state index contributed by atoms with van der Waals surface area (Å²) in [5, 5.41) is 2.14. The maximum Gasteiger partial charge on any atom is 0.407 e. The van der Waals surface area contributed by atoms with Crippen molar-refractivity contribution in [2.24, 2.45) is 0 Å². The minimum Gasteiger partial charge on any atom is -0.313 e. The zero-order valence-electron chi connectivity index (χ0n) is 10.0. The second-order valence-electron chi connectivity index (χ2n) is 5.22. The Balaban J connectivity index is 1.94. The predicted octanol–water partition coefficient (Wildman–Crippen LogP) is 1.14. The highest BCUT2D eigenvalue weighted by molar-refractivity contribution is 7.90. The van der Waals surface area contributed by atoms with E-state index in [9.17, 15) is 21.6 Å². The van der Waals surface area contributed by atoms with Gasteiger partial charge in [0, 0.05) is 12.6 Å². The molecule has 0 radical (unpaired) electrons. The fourth-order valence-corrected chi connectivity index (χ4v) is 3.05. The fraction of sp³-hybridized carbons (Fsp3) is 1.00. The molecular formula is C10H17F3N2O2S. The molecular weight excluding hydrogens is 269 g/mol. The van der Waals surface area contributed by atoms with Crippen molar-refractivity contribution in [2.75, 3.05) is 6.54 Å². The molecule has 2 aliphatic rings. The average Bonchev–Trinajstić information content (AvgIpc) is 3.06. The zero-order chi connectivity index (χ0) is 13.6. The summed E-state index contributed by atoms with van der Waals surface area (Å²) in [6.45, 7) is 1.61. The molecule has 1 atom stereocenters. The van der Waals surface area contributed by atoms with Crippen LogP contribution in [0.15, 0.2) is 0 Å². The van der Waals surface area contributed by atoms with Crippen LogP contribution in [-0.4, -0.2) is 38.0 Å². The van der Waals surface area contributed by atoms with Gasteiger partial charge in [0.25, 0.3) is 0 Å². The zero-order valence-corrected chi connectivity index (χ0v) is 10.9. The predicted molar refractivity (Wildman–Crippen MR) is 60.6 cm³/mol. The minimum absolute atomic E-state index is 0.168. The Bertz CT molecular complexity index is 413. The molecule has 4 nitrogen and oxygen atoms in total. The number of hydrogen-bond acceptors (Lipinski definition) is 3. The van der Waals surface area contributed by atoms with E-state index >= 15 is 0 Å². The fourth-order valence-electron chi connectivity index (χ4n) is 1.67. The summed E-state index contributed by atoms with van der Waals surface area (Å²) in [5.74, 6) is 0. The highest BCUT2D eigenvalue weighted by atomic mass is 32.2. The first-order chi connectivity index (χ1) is 8.16. The van der Waals surface area contributed by atoms with E-state index < -0.39 is 27.0 Å². The summed E-state index contributed by atoms with van der Waals surface area (Å²) >= 11 is 0.